The van der Waals surface area contributed by atoms with E-state index in [2.05, 4.69) is 26.2 Å². The van der Waals surface area contributed by atoms with Crippen LogP contribution in [-0.2, 0) is 11.3 Å². The Hall–Kier alpha value is -1.62. The molecule has 0 saturated carbocycles. The molecule has 1 amide bonds. The number of aromatic nitrogens is 2. The summed E-state index contributed by atoms with van der Waals surface area (Å²) in [6.07, 6.45) is 5.02. The highest BCUT2D eigenvalue weighted by atomic mass is 79.9. The Morgan fingerprint density at radius 3 is 3.00 bits per heavy atom. The fourth-order valence-corrected chi connectivity index (χ4v) is 2.05. The molecule has 0 saturated heterocycles. The number of imidazole rings is 1. The zero-order valence-electron chi connectivity index (χ0n) is 9.35. The SMILES string of the molecule is Cc1ccc(NC(=O)Cn2ccnc2)c(Br)c1. The quantitative estimate of drug-likeness (QED) is 0.945. The largest absolute Gasteiger partial charge is 0.328 e. The van der Waals surface area contributed by atoms with E-state index in [4.69, 9.17) is 0 Å². The molecule has 0 atom stereocenters. The van der Waals surface area contributed by atoms with E-state index in [-0.39, 0.29) is 12.5 Å². The van der Waals surface area contributed by atoms with Crippen molar-refractivity contribution in [2.45, 2.75) is 13.5 Å². The van der Waals surface area contributed by atoms with Crippen molar-refractivity contribution in [3.8, 4) is 0 Å². The number of benzene rings is 1. The van der Waals surface area contributed by atoms with Crippen LogP contribution in [0.15, 0.2) is 41.4 Å². The average molecular weight is 294 g/mol. The molecule has 2 aromatic rings. The van der Waals surface area contributed by atoms with E-state index in [0.29, 0.717) is 0 Å². The minimum Gasteiger partial charge on any atom is -0.328 e. The standard InChI is InChI=1S/C12H12BrN3O/c1-9-2-3-11(10(13)6-9)15-12(17)7-16-5-4-14-8-16/h2-6,8H,7H2,1H3,(H,15,17). The lowest BCUT2D eigenvalue weighted by molar-refractivity contribution is -0.116. The number of aryl methyl sites for hydroxylation is 1. The predicted molar refractivity (Wildman–Crippen MR) is 69.7 cm³/mol. The Balaban J connectivity index is 2.03. The van der Waals surface area contributed by atoms with Gasteiger partial charge in [-0.25, -0.2) is 4.98 Å². The Morgan fingerprint density at radius 2 is 2.35 bits per heavy atom. The zero-order valence-corrected chi connectivity index (χ0v) is 10.9. The van der Waals surface area contributed by atoms with Crippen LogP contribution in [0.2, 0.25) is 0 Å². The summed E-state index contributed by atoms with van der Waals surface area (Å²) in [7, 11) is 0. The summed E-state index contributed by atoms with van der Waals surface area (Å²) in [5, 5.41) is 2.84. The van der Waals surface area contributed by atoms with E-state index in [1.165, 1.54) is 0 Å². The number of carbonyl (C=O) groups is 1. The molecule has 1 aromatic heterocycles. The number of hydrogen-bond donors (Lipinski definition) is 1. The molecular weight excluding hydrogens is 282 g/mol. The first kappa shape index (κ1) is 11.9. The number of nitrogens with one attached hydrogen (secondary N) is 1. The van der Waals surface area contributed by atoms with Crippen molar-refractivity contribution in [2.75, 3.05) is 5.32 Å². The molecule has 0 fully saturated rings. The van der Waals surface area contributed by atoms with Crippen molar-refractivity contribution in [2.24, 2.45) is 0 Å². The van der Waals surface area contributed by atoms with Gasteiger partial charge in [-0.1, -0.05) is 6.07 Å². The topological polar surface area (TPSA) is 46.9 Å². The maximum absolute atomic E-state index is 11.7. The maximum atomic E-state index is 11.7. The lowest BCUT2D eigenvalue weighted by Gasteiger charge is -2.08. The second kappa shape index (κ2) is 5.14. The second-order valence-electron chi connectivity index (χ2n) is 3.77. The fourth-order valence-electron chi connectivity index (χ4n) is 1.46. The molecule has 2 rings (SSSR count). The van der Waals surface area contributed by atoms with Crippen molar-refractivity contribution < 1.29 is 4.79 Å². The van der Waals surface area contributed by atoms with Crippen LogP contribution in [-0.4, -0.2) is 15.5 Å². The molecule has 1 N–H and O–H groups in total. The van der Waals surface area contributed by atoms with Crippen LogP contribution in [0.4, 0.5) is 5.69 Å². The van der Waals surface area contributed by atoms with Gasteiger partial charge in [-0.2, -0.15) is 0 Å². The summed E-state index contributed by atoms with van der Waals surface area (Å²) in [6.45, 7) is 2.27. The van der Waals surface area contributed by atoms with Crippen LogP contribution in [0.5, 0.6) is 0 Å². The van der Waals surface area contributed by atoms with Gasteiger partial charge in [-0.3, -0.25) is 4.79 Å². The Kier molecular flexibility index (Phi) is 3.58. The van der Waals surface area contributed by atoms with Crippen LogP contribution < -0.4 is 5.32 Å². The van der Waals surface area contributed by atoms with Crippen LogP contribution in [0.3, 0.4) is 0 Å². The summed E-state index contributed by atoms with van der Waals surface area (Å²) >= 11 is 3.42. The highest BCUT2D eigenvalue weighted by Crippen LogP contribution is 2.23. The van der Waals surface area contributed by atoms with E-state index >= 15 is 0 Å². The molecule has 0 unspecified atom stereocenters. The molecule has 1 aromatic carbocycles. The third-order valence-electron chi connectivity index (χ3n) is 2.28. The van der Waals surface area contributed by atoms with E-state index < -0.39 is 0 Å². The Morgan fingerprint density at radius 1 is 1.53 bits per heavy atom. The fraction of sp³-hybridized carbons (Fsp3) is 0.167. The van der Waals surface area contributed by atoms with Crippen molar-refractivity contribution >= 4 is 27.5 Å². The van der Waals surface area contributed by atoms with Gasteiger partial charge in [-0.05, 0) is 40.5 Å². The lowest BCUT2D eigenvalue weighted by atomic mass is 10.2. The number of anilines is 1. The van der Waals surface area contributed by atoms with Crippen molar-refractivity contribution in [1.82, 2.24) is 9.55 Å². The summed E-state index contributed by atoms with van der Waals surface area (Å²) in [6, 6.07) is 5.80. The number of rotatable bonds is 3. The molecule has 0 spiro atoms. The van der Waals surface area contributed by atoms with E-state index in [9.17, 15) is 4.79 Å². The van der Waals surface area contributed by atoms with Gasteiger partial charge in [0.15, 0.2) is 0 Å². The van der Waals surface area contributed by atoms with Crippen LogP contribution >= 0.6 is 15.9 Å². The third kappa shape index (κ3) is 3.17. The van der Waals surface area contributed by atoms with Crippen molar-refractivity contribution in [3.63, 3.8) is 0 Å². The summed E-state index contributed by atoms with van der Waals surface area (Å²) in [5.41, 5.74) is 1.92. The molecule has 0 aliphatic rings. The van der Waals surface area contributed by atoms with Crippen molar-refractivity contribution in [3.05, 3.63) is 47.0 Å². The molecule has 17 heavy (non-hydrogen) atoms. The maximum Gasteiger partial charge on any atom is 0.244 e. The Bertz CT molecular complexity index is 523. The molecule has 0 aliphatic heterocycles. The monoisotopic (exact) mass is 293 g/mol. The summed E-state index contributed by atoms with van der Waals surface area (Å²) in [5.74, 6) is -0.0763. The van der Waals surface area contributed by atoms with Gasteiger partial charge in [0.2, 0.25) is 5.91 Å². The summed E-state index contributed by atoms with van der Waals surface area (Å²) < 4.78 is 2.61. The number of amides is 1. The molecule has 5 heteroatoms. The minimum absolute atomic E-state index is 0.0763. The minimum atomic E-state index is -0.0763. The molecule has 88 valence electrons. The van der Waals surface area contributed by atoms with Gasteiger partial charge in [0, 0.05) is 16.9 Å². The molecule has 1 heterocycles. The van der Waals surface area contributed by atoms with E-state index in [0.717, 1.165) is 15.7 Å². The van der Waals surface area contributed by atoms with E-state index in [1.807, 2.05) is 25.1 Å². The normalized spacial score (nSPS) is 10.2. The second-order valence-corrected chi connectivity index (χ2v) is 4.62. The first-order valence-electron chi connectivity index (χ1n) is 5.17. The molecule has 0 bridgehead atoms. The van der Waals surface area contributed by atoms with Crippen LogP contribution in [0.1, 0.15) is 5.56 Å². The van der Waals surface area contributed by atoms with Crippen LogP contribution in [0, 0.1) is 6.92 Å². The van der Waals surface area contributed by atoms with Gasteiger partial charge in [0.1, 0.15) is 6.54 Å². The zero-order chi connectivity index (χ0) is 12.3. The van der Waals surface area contributed by atoms with Crippen LogP contribution in [0.25, 0.3) is 0 Å². The van der Waals surface area contributed by atoms with Gasteiger partial charge in [0.05, 0.1) is 12.0 Å². The van der Waals surface area contributed by atoms with Gasteiger partial charge in [-0.15, -0.1) is 0 Å². The first-order valence-corrected chi connectivity index (χ1v) is 5.96. The molecule has 4 nitrogen and oxygen atoms in total. The number of hydrogen-bond acceptors (Lipinski definition) is 2. The lowest BCUT2D eigenvalue weighted by Crippen LogP contribution is -2.18. The summed E-state index contributed by atoms with van der Waals surface area (Å²) in [4.78, 5) is 15.6. The number of halogens is 1. The molecular formula is C12H12BrN3O. The van der Waals surface area contributed by atoms with Crippen molar-refractivity contribution in [1.29, 1.82) is 0 Å². The highest BCUT2D eigenvalue weighted by molar-refractivity contribution is 9.10. The van der Waals surface area contributed by atoms with Gasteiger partial charge in [0.25, 0.3) is 0 Å². The first-order chi connectivity index (χ1) is 8.15. The predicted octanol–water partition coefficient (Wildman–Crippen LogP) is 2.59. The number of carbonyl (C=O) groups excluding carboxylic acids is 1. The molecule has 0 aliphatic carbocycles. The Labute approximate surface area is 108 Å². The van der Waals surface area contributed by atoms with Gasteiger partial charge < -0.3 is 9.88 Å². The molecule has 0 radical (unpaired) electrons. The third-order valence-corrected chi connectivity index (χ3v) is 2.94. The smallest absolute Gasteiger partial charge is 0.244 e. The van der Waals surface area contributed by atoms with E-state index in [1.54, 1.807) is 23.3 Å². The number of nitrogens with zero attached hydrogens (tertiary/aromatic N) is 2. The average Bonchev–Trinajstić information content (AvgIpc) is 2.75. The highest BCUT2D eigenvalue weighted by Gasteiger charge is 2.05. The van der Waals surface area contributed by atoms with Gasteiger partial charge >= 0.3 is 0 Å².